The molecule has 0 aliphatic carbocycles. The first kappa shape index (κ1) is 36.2. The Kier molecular flexibility index (Phi) is 11.8. The van der Waals surface area contributed by atoms with E-state index in [1.165, 1.54) is 29.7 Å². The molecule has 0 bridgehead atoms. The molecule has 2 amide bonds. The zero-order valence-electron chi connectivity index (χ0n) is 27.4. The fourth-order valence-corrected chi connectivity index (χ4v) is 3.45. The van der Waals surface area contributed by atoms with Gasteiger partial charge in [0.05, 0.1) is 21.7 Å². The highest BCUT2D eigenvalue weighted by Crippen LogP contribution is 2.14. The van der Waals surface area contributed by atoms with Gasteiger partial charge in [0.2, 0.25) is 11.6 Å². The van der Waals surface area contributed by atoms with Crippen molar-refractivity contribution in [3.8, 4) is 23.7 Å². The summed E-state index contributed by atoms with van der Waals surface area (Å²) >= 11 is 5.85. The van der Waals surface area contributed by atoms with Crippen molar-refractivity contribution in [2.24, 2.45) is 0 Å². The minimum atomic E-state index is -0.608. The van der Waals surface area contributed by atoms with Gasteiger partial charge >= 0.3 is 0 Å². The van der Waals surface area contributed by atoms with E-state index in [2.05, 4.69) is 48.6 Å². The summed E-state index contributed by atoms with van der Waals surface area (Å²) in [5.41, 5.74) is 1.01. The van der Waals surface area contributed by atoms with Crippen molar-refractivity contribution in [3.63, 3.8) is 0 Å². The van der Waals surface area contributed by atoms with Crippen LogP contribution in [-0.4, -0.2) is 71.7 Å². The lowest BCUT2D eigenvalue weighted by Gasteiger charge is -2.31. The van der Waals surface area contributed by atoms with Crippen molar-refractivity contribution < 1.29 is 18.4 Å². The molecule has 4 aromatic rings. The van der Waals surface area contributed by atoms with Crippen molar-refractivity contribution in [2.75, 3.05) is 14.1 Å². The first-order valence-electron chi connectivity index (χ1n) is 14.3. The SMILES string of the molecule is CN(C(=O)c1ncc(C#Cc2cc(F)ccc2F)cn1)C(C)(C)C.CN(C(=O)c1ncc(C#Cc2cncc(Cl)c2)cn1)C(C)(C)C. The maximum Gasteiger partial charge on any atom is 0.291 e. The quantitative estimate of drug-likeness (QED) is 0.250. The van der Waals surface area contributed by atoms with Gasteiger partial charge in [-0.2, -0.15) is 0 Å². The highest BCUT2D eigenvalue weighted by Gasteiger charge is 2.26. The third kappa shape index (κ3) is 10.7. The van der Waals surface area contributed by atoms with E-state index in [-0.39, 0.29) is 40.1 Å². The van der Waals surface area contributed by atoms with Gasteiger partial charge in [-0.1, -0.05) is 35.3 Å². The number of carbonyl (C=O) groups excluding carboxylic acids is 2. The normalized spacial score (nSPS) is 10.7. The van der Waals surface area contributed by atoms with E-state index in [0.717, 1.165) is 18.2 Å². The highest BCUT2D eigenvalue weighted by atomic mass is 35.5. The number of pyridine rings is 1. The molecule has 0 radical (unpaired) electrons. The number of nitrogens with zero attached hydrogens (tertiary/aromatic N) is 7. The van der Waals surface area contributed by atoms with E-state index in [1.54, 1.807) is 37.5 Å². The summed E-state index contributed by atoms with van der Waals surface area (Å²) in [5, 5.41) is 0.527. The van der Waals surface area contributed by atoms with Gasteiger partial charge in [0.25, 0.3) is 11.8 Å². The maximum atomic E-state index is 13.5. The molecular formula is C35H34ClF2N7O2. The molecule has 3 heterocycles. The Balaban J connectivity index is 0.000000256. The summed E-state index contributed by atoms with van der Waals surface area (Å²) in [5.74, 6) is 9.51. The fraction of sp³-hybridized carbons (Fsp3) is 0.286. The predicted octanol–water partition coefficient (Wildman–Crippen LogP) is 5.82. The average Bonchev–Trinajstić information content (AvgIpc) is 3.03. The van der Waals surface area contributed by atoms with Gasteiger partial charge in [-0.25, -0.2) is 28.7 Å². The number of benzene rings is 1. The summed E-state index contributed by atoms with van der Waals surface area (Å²) in [6.45, 7) is 11.5. The molecule has 47 heavy (non-hydrogen) atoms. The Hall–Kier alpha value is -5.26. The van der Waals surface area contributed by atoms with Gasteiger partial charge in [-0.05, 0) is 65.8 Å². The molecule has 0 spiro atoms. The van der Waals surface area contributed by atoms with Gasteiger partial charge < -0.3 is 9.80 Å². The van der Waals surface area contributed by atoms with E-state index in [0.29, 0.717) is 21.7 Å². The number of hydrogen-bond acceptors (Lipinski definition) is 7. The molecule has 9 nitrogen and oxygen atoms in total. The van der Waals surface area contributed by atoms with Crippen LogP contribution in [0.25, 0.3) is 0 Å². The van der Waals surface area contributed by atoms with E-state index >= 15 is 0 Å². The third-order valence-electron chi connectivity index (χ3n) is 6.63. The minimum absolute atomic E-state index is 0.0508. The molecule has 0 saturated carbocycles. The number of hydrogen-bond donors (Lipinski definition) is 0. The number of halogens is 3. The molecule has 0 saturated heterocycles. The largest absolute Gasteiger partial charge is 0.334 e. The molecule has 0 aliphatic heterocycles. The summed E-state index contributed by atoms with van der Waals surface area (Å²) in [6, 6.07) is 4.77. The van der Waals surface area contributed by atoms with Crippen molar-refractivity contribution in [1.29, 1.82) is 0 Å². The van der Waals surface area contributed by atoms with Crippen LogP contribution in [-0.2, 0) is 0 Å². The molecule has 4 rings (SSSR count). The van der Waals surface area contributed by atoms with Gasteiger partial charge in [0, 0.05) is 67.9 Å². The molecule has 3 aromatic heterocycles. The molecule has 0 N–H and O–H groups in total. The third-order valence-corrected chi connectivity index (χ3v) is 6.84. The van der Waals surface area contributed by atoms with Gasteiger partial charge in [-0.15, -0.1) is 0 Å². The van der Waals surface area contributed by atoms with Crippen LogP contribution in [0, 0.1) is 35.3 Å². The number of aromatic nitrogens is 5. The van der Waals surface area contributed by atoms with Crippen molar-refractivity contribution in [3.05, 3.63) is 112 Å². The van der Waals surface area contributed by atoms with Crippen molar-refractivity contribution in [1.82, 2.24) is 34.7 Å². The van der Waals surface area contributed by atoms with Gasteiger partial charge in [0.15, 0.2) is 0 Å². The molecule has 0 fully saturated rings. The van der Waals surface area contributed by atoms with Crippen LogP contribution in [0.4, 0.5) is 8.78 Å². The summed E-state index contributed by atoms with van der Waals surface area (Å²) in [7, 11) is 3.40. The first-order chi connectivity index (χ1) is 22.0. The Morgan fingerprint density at radius 3 is 1.55 bits per heavy atom. The molecule has 1 aromatic carbocycles. The summed E-state index contributed by atoms with van der Waals surface area (Å²) in [4.78, 5) is 47.8. The summed E-state index contributed by atoms with van der Waals surface area (Å²) in [6.07, 6.45) is 8.98. The Labute approximate surface area is 278 Å². The van der Waals surface area contributed by atoms with Gasteiger partial charge in [0.1, 0.15) is 11.6 Å². The second-order valence-corrected chi connectivity index (χ2v) is 12.6. The van der Waals surface area contributed by atoms with Crippen LogP contribution >= 0.6 is 11.6 Å². The lowest BCUT2D eigenvalue weighted by atomic mass is 10.1. The molecular weight excluding hydrogens is 624 g/mol. The number of amides is 2. The fourth-order valence-electron chi connectivity index (χ4n) is 3.27. The average molecular weight is 658 g/mol. The Morgan fingerprint density at radius 1 is 0.660 bits per heavy atom. The van der Waals surface area contributed by atoms with Crippen LogP contribution in [0.5, 0.6) is 0 Å². The monoisotopic (exact) mass is 657 g/mol. The maximum absolute atomic E-state index is 13.5. The van der Waals surface area contributed by atoms with Crippen molar-refractivity contribution in [2.45, 2.75) is 52.6 Å². The van der Waals surface area contributed by atoms with Crippen LogP contribution in [0.1, 0.15) is 85.0 Å². The Bertz CT molecular complexity index is 1860. The van der Waals surface area contributed by atoms with Gasteiger partial charge in [-0.3, -0.25) is 14.6 Å². The smallest absolute Gasteiger partial charge is 0.291 e. The van der Waals surface area contributed by atoms with Crippen molar-refractivity contribution >= 4 is 23.4 Å². The zero-order valence-corrected chi connectivity index (χ0v) is 28.1. The van der Waals surface area contributed by atoms with E-state index in [4.69, 9.17) is 11.6 Å². The molecule has 0 aliphatic rings. The van der Waals surface area contributed by atoms with Crippen LogP contribution < -0.4 is 0 Å². The van der Waals surface area contributed by atoms with E-state index < -0.39 is 11.6 Å². The molecule has 12 heteroatoms. The van der Waals surface area contributed by atoms with E-state index in [9.17, 15) is 18.4 Å². The Morgan fingerprint density at radius 2 is 1.11 bits per heavy atom. The summed E-state index contributed by atoms with van der Waals surface area (Å²) < 4.78 is 26.6. The topological polar surface area (TPSA) is 105 Å². The minimum Gasteiger partial charge on any atom is -0.334 e. The van der Waals surface area contributed by atoms with Crippen LogP contribution in [0.2, 0.25) is 5.02 Å². The zero-order chi connectivity index (χ0) is 34.9. The number of carbonyl (C=O) groups is 2. The lowest BCUT2D eigenvalue weighted by Crippen LogP contribution is -2.43. The highest BCUT2D eigenvalue weighted by molar-refractivity contribution is 6.30. The second kappa shape index (κ2) is 15.4. The number of rotatable bonds is 2. The molecule has 242 valence electrons. The second-order valence-electron chi connectivity index (χ2n) is 12.2. The predicted molar refractivity (Wildman–Crippen MR) is 175 cm³/mol. The van der Waals surface area contributed by atoms with E-state index in [1.807, 2.05) is 41.5 Å². The first-order valence-corrected chi connectivity index (χ1v) is 14.6. The molecule has 0 atom stereocenters. The molecule has 0 unspecified atom stereocenters. The van der Waals surface area contributed by atoms with Crippen LogP contribution in [0.3, 0.4) is 0 Å². The lowest BCUT2D eigenvalue weighted by molar-refractivity contribution is 0.0634. The standard InChI is InChI=1S/C18H17F2N3O.C17H17ClN4O/c1-18(2,3)23(4)17(24)16-21-10-12(11-22-16)5-6-13-9-14(19)7-8-15(13)20;1-17(2,3)22(4)16(23)15-20-9-13(10-21-15)6-5-12-7-14(18)11-19-8-12/h7-11H,1-4H3;7-11H,1-4H3. The van der Waals surface area contributed by atoms with Crippen LogP contribution in [0.15, 0.2) is 61.4 Å².